The topological polar surface area (TPSA) is 26.3 Å². The van der Waals surface area contributed by atoms with E-state index in [1.807, 2.05) is 0 Å². The smallest absolute Gasteiger partial charge is 0.250 e. The maximum Gasteiger partial charge on any atom is 0.250 e. The Hall–Kier alpha value is -0.573. The van der Waals surface area contributed by atoms with Gasteiger partial charge in [-0.2, -0.15) is 0 Å². The van der Waals surface area contributed by atoms with Crippen LogP contribution >= 0.6 is 0 Å². The van der Waals surface area contributed by atoms with Crippen LogP contribution in [0.15, 0.2) is 12.3 Å². The standard InChI is InChI=1S/C9H18O2Si/c1-8(7-10)11-12(5,6)9(2,3)4/h7H,1H2,2-6H3. The summed E-state index contributed by atoms with van der Waals surface area (Å²) in [6.45, 7) is 14.1. The highest BCUT2D eigenvalue weighted by atomic mass is 28.4. The Kier molecular flexibility index (Phi) is 3.27. The van der Waals surface area contributed by atoms with Crippen LogP contribution in [0.5, 0.6) is 0 Å². The van der Waals surface area contributed by atoms with Crippen LogP contribution in [-0.2, 0) is 9.22 Å². The Labute approximate surface area is 75.7 Å². The molecule has 0 unspecified atom stereocenters. The number of hydrogen-bond donors (Lipinski definition) is 0. The summed E-state index contributed by atoms with van der Waals surface area (Å²) in [5, 5.41) is 0.124. The van der Waals surface area contributed by atoms with E-state index in [-0.39, 0.29) is 10.8 Å². The Bertz CT molecular complexity index is 189. The summed E-state index contributed by atoms with van der Waals surface area (Å²) < 4.78 is 5.53. The molecule has 0 aliphatic heterocycles. The van der Waals surface area contributed by atoms with Gasteiger partial charge in [-0.1, -0.05) is 27.4 Å². The molecule has 0 aromatic rings. The maximum absolute atomic E-state index is 10.3. The number of carbonyl (C=O) groups is 1. The van der Waals surface area contributed by atoms with Crippen LogP contribution in [0.25, 0.3) is 0 Å². The lowest BCUT2D eigenvalue weighted by atomic mass is 10.2. The van der Waals surface area contributed by atoms with Crippen molar-refractivity contribution in [1.29, 1.82) is 0 Å². The zero-order valence-electron chi connectivity index (χ0n) is 8.60. The molecular weight excluding hydrogens is 168 g/mol. The monoisotopic (exact) mass is 186 g/mol. The van der Waals surface area contributed by atoms with Crippen LogP contribution < -0.4 is 0 Å². The fraction of sp³-hybridized carbons (Fsp3) is 0.667. The largest absolute Gasteiger partial charge is 0.542 e. The van der Waals surface area contributed by atoms with Crippen molar-refractivity contribution in [3.8, 4) is 0 Å². The molecule has 0 N–H and O–H groups in total. The van der Waals surface area contributed by atoms with Gasteiger partial charge < -0.3 is 4.43 Å². The number of hydrogen-bond acceptors (Lipinski definition) is 2. The number of allylic oxidation sites excluding steroid dienone is 1. The number of aldehydes is 1. The van der Waals surface area contributed by atoms with Gasteiger partial charge in [0.2, 0.25) is 0 Å². The summed E-state index contributed by atoms with van der Waals surface area (Å²) >= 11 is 0. The first-order valence-corrected chi connectivity index (χ1v) is 6.94. The number of rotatable bonds is 3. The predicted molar refractivity (Wildman–Crippen MR) is 53.5 cm³/mol. The van der Waals surface area contributed by atoms with E-state index < -0.39 is 8.32 Å². The molecule has 0 aromatic carbocycles. The third-order valence-corrected chi connectivity index (χ3v) is 6.71. The highest BCUT2D eigenvalue weighted by Gasteiger charge is 2.39. The van der Waals surface area contributed by atoms with Crippen LogP contribution in [0, 0.1) is 0 Å². The molecule has 0 aliphatic carbocycles. The fourth-order valence-corrected chi connectivity index (χ4v) is 1.51. The van der Waals surface area contributed by atoms with Gasteiger partial charge in [0, 0.05) is 0 Å². The molecular formula is C9H18O2Si. The summed E-state index contributed by atoms with van der Waals surface area (Å²) in [6, 6.07) is 0. The summed E-state index contributed by atoms with van der Waals surface area (Å²) in [6.07, 6.45) is 0.667. The first-order valence-electron chi connectivity index (χ1n) is 4.04. The van der Waals surface area contributed by atoms with Crippen molar-refractivity contribution < 1.29 is 9.22 Å². The molecule has 0 heterocycles. The summed E-state index contributed by atoms with van der Waals surface area (Å²) in [7, 11) is -1.82. The zero-order valence-corrected chi connectivity index (χ0v) is 9.60. The van der Waals surface area contributed by atoms with E-state index in [0.29, 0.717) is 6.29 Å². The van der Waals surface area contributed by atoms with Crippen molar-refractivity contribution in [3.63, 3.8) is 0 Å². The number of carbonyl (C=O) groups excluding carboxylic acids is 1. The van der Waals surface area contributed by atoms with Gasteiger partial charge in [-0.05, 0) is 18.1 Å². The fourth-order valence-electron chi connectivity index (χ4n) is 0.505. The molecule has 0 aromatic heterocycles. The van der Waals surface area contributed by atoms with E-state index in [1.54, 1.807) is 0 Å². The van der Waals surface area contributed by atoms with E-state index in [2.05, 4.69) is 40.4 Å². The molecule has 0 bridgehead atoms. The minimum Gasteiger partial charge on any atom is -0.542 e. The van der Waals surface area contributed by atoms with Crippen molar-refractivity contribution in [2.24, 2.45) is 0 Å². The second-order valence-corrected chi connectivity index (χ2v) is 9.17. The normalized spacial score (nSPS) is 12.4. The van der Waals surface area contributed by atoms with Crippen molar-refractivity contribution >= 4 is 14.6 Å². The third kappa shape index (κ3) is 2.81. The van der Waals surface area contributed by atoms with Gasteiger partial charge >= 0.3 is 0 Å². The first kappa shape index (κ1) is 11.4. The van der Waals surface area contributed by atoms with Crippen molar-refractivity contribution in [2.45, 2.75) is 38.9 Å². The van der Waals surface area contributed by atoms with Gasteiger partial charge in [0.15, 0.2) is 6.29 Å². The molecule has 12 heavy (non-hydrogen) atoms. The Morgan fingerprint density at radius 3 is 2.08 bits per heavy atom. The van der Waals surface area contributed by atoms with Gasteiger partial charge in [0.05, 0.1) is 0 Å². The third-order valence-electron chi connectivity index (χ3n) is 2.32. The van der Waals surface area contributed by atoms with E-state index in [0.717, 1.165) is 0 Å². The first-order chi connectivity index (χ1) is 5.20. The van der Waals surface area contributed by atoms with Gasteiger partial charge in [-0.25, -0.2) is 0 Å². The molecule has 0 aliphatic rings. The lowest BCUT2D eigenvalue weighted by Gasteiger charge is -2.36. The van der Waals surface area contributed by atoms with Crippen molar-refractivity contribution in [2.75, 3.05) is 0 Å². The Balaban J connectivity index is 4.43. The average molecular weight is 186 g/mol. The molecule has 0 saturated carbocycles. The van der Waals surface area contributed by atoms with Crippen LogP contribution in [0.2, 0.25) is 18.1 Å². The van der Waals surface area contributed by atoms with Gasteiger partial charge in [0.1, 0.15) is 5.76 Å². The summed E-state index contributed by atoms with van der Waals surface area (Å²) in [5.41, 5.74) is 0. The highest BCUT2D eigenvalue weighted by Crippen LogP contribution is 2.37. The van der Waals surface area contributed by atoms with Gasteiger partial charge in [0.25, 0.3) is 8.32 Å². The average Bonchev–Trinajstić information content (AvgIpc) is 1.84. The molecule has 0 spiro atoms. The molecule has 0 saturated heterocycles. The van der Waals surface area contributed by atoms with E-state index >= 15 is 0 Å². The van der Waals surface area contributed by atoms with E-state index in [1.165, 1.54) is 0 Å². The lowest BCUT2D eigenvalue weighted by Crippen LogP contribution is -2.40. The van der Waals surface area contributed by atoms with Crippen LogP contribution in [0.3, 0.4) is 0 Å². The zero-order chi connectivity index (χ0) is 9.99. The molecule has 0 atom stereocenters. The molecule has 70 valence electrons. The van der Waals surface area contributed by atoms with Gasteiger partial charge in [-0.3, -0.25) is 4.79 Å². The SMILES string of the molecule is C=C(C=O)O[Si](C)(C)C(C)(C)C. The summed E-state index contributed by atoms with van der Waals surface area (Å²) in [5.74, 6) is 0.251. The molecule has 2 nitrogen and oxygen atoms in total. The van der Waals surface area contributed by atoms with Crippen LogP contribution in [-0.4, -0.2) is 14.6 Å². The Morgan fingerprint density at radius 2 is 1.83 bits per heavy atom. The molecule has 0 amide bonds. The second kappa shape index (κ2) is 3.43. The lowest BCUT2D eigenvalue weighted by molar-refractivity contribution is -0.106. The van der Waals surface area contributed by atoms with E-state index in [9.17, 15) is 4.79 Å². The molecule has 0 fully saturated rings. The minimum atomic E-state index is -1.82. The van der Waals surface area contributed by atoms with E-state index in [4.69, 9.17) is 4.43 Å². The predicted octanol–water partition coefficient (Wildman–Crippen LogP) is 2.72. The summed E-state index contributed by atoms with van der Waals surface area (Å²) in [4.78, 5) is 10.3. The highest BCUT2D eigenvalue weighted by molar-refractivity contribution is 6.74. The maximum atomic E-state index is 10.3. The molecule has 0 radical (unpaired) electrons. The van der Waals surface area contributed by atoms with Gasteiger partial charge in [-0.15, -0.1) is 0 Å². The quantitative estimate of drug-likeness (QED) is 0.293. The minimum absolute atomic E-state index is 0.124. The van der Waals surface area contributed by atoms with Crippen LogP contribution in [0.1, 0.15) is 20.8 Å². The second-order valence-electron chi connectivity index (χ2n) is 4.45. The Morgan fingerprint density at radius 1 is 1.42 bits per heavy atom. The van der Waals surface area contributed by atoms with Crippen molar-refractivity contribution in [1.82, 2.24) is 0 Å². The molecule has 3 heteroatoms. The van der Waals surface area contributed by atoms with Crippen LogP contribution in [0.4, 0.5) is 0 Å². The molecule has 0 rings (SSSR count). The van der Waals surface area contributed by atoms with Crippen molar-refractivity contribution in [3.05, 3.63) is 12.3 Å².